The second kappa shape index (κ2) is 7.08. The molecule has 1 N–H and O–H groups in total. The molecule has 0 radical (unpaired) electrons. The smallest absolute Gasteiger partial charge is 0.277 e. The van der Waals surface area contributed by atoms with Crippen LogP contribution in [-0.2, 0) is 4.79 Å². The number of hydrazone groups is 1. The number of nitrogens with zero attached hydrogens (tertiary/aromatic N) is 1. The minimum atomic E-state index is -0.206. The van der Waals surface area contributed by atoms with Crippen molar-refractivity contribution in [3.8, 4) is 5.75 Å². The summed E-state index contributed by atoms with van der Waals surface area (Å²) in [6.45, 7) is 4.21. The normalized spacial score (nSPS) is 14.4. The van der Waals surface area contributed by atoms with Gasteiger partial charge in [-0.25, -0.2) is 5.43 Å². The van der Waals surface area contributed by atoms with Crippen molar-refractivity contribution >= 4 is 11.6 Å². The average molecular weight is 274 g/mol. The highest BCUT2D eigenvalue weighted by atomic mass is 16.5. The lowest BCUT2D eigenvalue weighted by Gasteiger charge is -2.13. The molecule has 108 valence electrons. The number of nitrogens with one attached hydrogen (secondary N) is 1. The zero-order valence-electron chi connectivity index (χ0n) is 12.2. The van der Waals surface area contributed by atoms with Gasteiger partial charge in [0.25, 0.3) is 5.91 Å². The Labute approximate surface area is 120 Å². The van der Waals surface area contributed by atoms with E-state index in [4.69, 9.17) is 4.74 Å². The van der Waals surface area contributed by atoms with Gasteiger partial charge in [-0.15, -0.1) is 0 Å². The molecule has 4 nitrogen and oxygen atoms in total. The monoisotopic (exact) mass is 274 g/mol. The number of para-hydroxylation sites is 1. The topological polar surface area (TPSA) is 50.7 Å². The predicted octanol–water partition coefficient (Wildman–Crippen LogP) is 3.24. The van der Waals surface area contributed by atoms with Gasteiger partial charge in [-0.3, -0.25) is 4.79 Å². The van der Waals surface area contributed by atoms with Crippen LogP contribution in [0.2, 0.25) is 0 Å². The van der Waals surface area contributed by atoms with Gasteiger partial charge in [-0.1, -0.05) is 32.0 Å². The quantitative estimate of drug-likeness (QED) is 0.838. The van der Waals surface area contributed by atoms with Crippen molar-refractivity contribution in [3.63, 3.8) is 0 Å². The molecule has 0 aliphatic heterocycles. The van der Waals surface area contributed by atoms with Crippen molar-refractivity contribution in [1.82, 2.24) is 5.43 Å². The summed E-state index contributed by atoms with van der Waals surface area (Å²) in [7, 11) is 0. The number of ether oxygens (including phenoxy) is 1. The van der Waals surface area contributed by atoms with Crippen LogP contribution in [0.25, 0.3) is 0 Å². The third-order valence-corrected chi connectivity index (χ3v) is 3.42. The Bertz CT molecular complexity index is 487. The maximum absolute atomic E-state index is 11.7. The Morgan fingerprint density at radius 2 is 2.00 bits per heavy atom. The van der Waals surface area contributed by atoms with E-state index in [9.17, 15) is 4.79 Å². The summed E-state index contributed by atoms with van der Waals surface area (Å²) in [6.07, 6.45) is 4.34. The van der Waals surface area contributed by atoms with Gasteiger partial charge < -0.3 is 4.74 Å². The predicted molar refractivity (Wildman–Crippen MR) is 80.1 cm³/mol. The summed E-state index contributed by atoms with van der Waals surface area (Å²) in [5, 5.41) is 4.13. The molecule has 4 heteroatoms. The fraction of sp³-hybridized carbons (Fsp3) is 0.500. The lowest BCUT2D eigenvalue weighted by atomic mass is 10.0. The number of benzene rings is 1. The van der Waals surface area contributed by atoms with Crippen LogP contribution in [0.15, 0.2) is 29.4 Å². The molecule has 1 saturated carbocycles. The molecule has 0 bridgehead atoms. The minimum Gasteiger partial charge on any atom is -0.483 e. The minimum absolute atomic E-state index is 0.000509. The molecule has 20 heavy (non-hydrogen) atoms. The van der Waals surface area contributed by atoms with E-state index in [0.717, 1.165) is 29.9 Å². The molecule has 1 aromatic rings. The van der Waals surface area contributed by atoms with Crippen LogP contribution in [0.5, 0.6) is 5.75 Å². The van der Waals surface area contributed by atoms with Crippen molar-refractivity contribution in [1.29, 1.82) is 0 Å². The molecule has 0 spiro atoms. The Morgan fingerprint density at radius 1 is 1.30 bits per heavy atom. The molecule has 1 aliphatic carbocycles. The molecule has 1 fully saturated rings. The first-order valence-corrected chi connectivity index (χ1v) is 7.23. The largest absolute Gasteiger partial charge is 0.483 e. The zero-order chi connectivity index (χ0) is 14.4. The number of hydrogen-bond donors (Lipinski definition) is 1. The van der Waals surface area contributed by atoms with Crippen molar-refractivity contribution in [2.75, 3.05) is 6.61 Å². The highest BCUT2D eigenvalue weighted by molar-refractivity contribution is 5.87. The van der Waals surface area contributed by atoms with Crippen LogP contribution in [0.1, 0.15) is 51.0 Å². The van der Waals surface area contributed by atoms with E-state index in [1.165, 1.54) is 12.8 Å². The van der Waals surface area contributed by atoms with E-state index in [-0.39, 0.29) is 12.5 Å². The highest BCUT2D eigenvalue weighted by Crippen LogP contribution is 2.25. The van der Waals surface area contributed by atoms with E-state index in [2.05, 4.69) is 24.4 Å². The van der Waals surface area contributed by atoms with Crippen LogP contribution >= 0.6 is 0 Å². The number of rotatable bonds is 5. The summed E-state index contributed by atoms with van der Waals surface area (Å²) >= 11 is 0. The molecular formula is C16H22N2O2. The molecule has 0 atom stereocenters. The Kier molecular flexibility index (Phi) is 5.16. The second-order valence-electron chi connectivity index (χ2n) is 5.40. The van der Waals surface area contributed by atoms with E-state index >= 15 is 0 Å². The third-order valence-electron chi connectivity index (χ3n) is 3.42. The van der Waals surface area contributed by atoms with Crippen LogP contribution in [0.3, 0.4) is 0 Å². The molecule has 0 saturated heterocycles. The molecule has 1 aliphatic rings. The number of carbonyl (C=O) groups is 1. The van der Waals surface area contributed by atoms with Gasteiger partial charge in [0.15, 0.2) is 6.61 Å². The lowest BCUT2D eigenvalue weighted by Crippen LogP contribution is -2.25. The van der Waals surface area contributed by atoms with Gasteiger partial charge in [0, 0.05) is 5.71 Å². The Hall–Kier alpha value is -1.84. The summed E-state index contributed by atoms with van der Waals surface area (Å²) in [6, 6.07) is 7.81. The van der Waals surface area contributed by atoms with Crippen LogP contribution in [0.4, 0.5) is 0 Å². The number of hydrogen-bond acceptors (Lipinski definition) is 3. The summed E-state index contributed by atoms with van der Waals surface area (Å²) in [5.41, 5.74) is 4.77. The van der Waals surface area contributed by atoms with Gasteiger partial charge in [0.2, 0.25) is 0 Å². The Balaban J connectivity index is 1.85. The van der Waals surface area contributed by atoms with Crippen molar-refractivity contribution in [2.24, 2.45) is 5.10 Å². The third kappa shape index (κ3) is 4.08. The van der Waals surface area contributed by atoms with Gasteiger partial charge in [-0.2, -0.15) is 5.10 Å². The Morgan fingerprint density at radius 3 is 2.70 bits per heavy atom. The number of carbonyl (C=O) groups excluding carboxylic acids is 1. The molecule has 0 aromatic heterocycles. The van der Waals surface area contributed by atoms with Gasteiger partial charge >= 0.3 is 0 Å². The van der Waals surface area contributed by atoms with Gasteiger partial charge in [0.05, 0.1) is 0 Å². The van der Waals surface area contributed by atoms with Gasteiger partial charge in [-0.05, 0) is 43.2 Å². The molecular weight excluding hydrogens is 252 g/mol. The summed E-state index contributed by atoms with van der Waals surface area (Å²) in [4.78, 5) is 11.7. The standard InChI is InChI=1S/C16H22N2O2/c1-12(2)14-9-5-6-10-15(14)20-11-16(19)18-17-13-7-3-4-8-13/h5-6,9-10,12H,3-4,7-8,11H2,1-2H3,(H,18,19). The fourth-order valence-corrected chi connectivity index (χ4v) is 2.30. The zero-order valence-corrected chi connectivity index (χ0v) is 12.2. The van der Waals surface area contributed by atoms with Crippen molar-refractivity contribution in [3.05, 3.63) is 29.8 Å². The average Bonchev–Trinajstić information content (AvgIpc) is 2.96. The first-order valence-electron chi connectivity index (χ1n) is 7.23. The SMILES string of the molecule is CC(C)c1ccccc1OCC(=O)NN=C1CCCC1. The van der Waals surface area contributed by atoms with Gasteiger partial charge in [0.1, 0.15) is 5.75 Å². The molecule has 1 aromatic carbocycles. The van der Waals surface area contributed by atoms with Crippen molar-refractivity contribution < 1.29 is 9.53 Å². The van der Waals surface area contributed by atoms with E-state index < -0.39 is 0 Å². The van der Waals surface area contributed by atoms with E-state index in [0.29, 0.717) is 5.92 Å². The molecule has 0 heterocycles. The number of amides is 1. The molecule has 1 amide bonds. The van der Waals surface area contributed by atoms with Crippen LogP contribution < -0.4 is 10.2 Å². The summed E-state index contributed by atoms with van der Waals surface area (Å²) in [5.74, 6) is 0.933. The molecule has 0 unspecified atom stereocenters. The van der Waals surface area contributed by atoms with E-state index in [1.54, 1.807) is 0 Å². The fourth-order valence-electron chi connectivity index (χ4n) is 2.30. The first kappa shape index (κ1) is 14.6. The lowest BCUT2D eigenvalue weighted by molar-refractivity contribution is -0.123. The first-order chi connectivity index (χ1) is 9.66. The van der Waals surface area contributed by atoms with Crippen LogP contribution in [0, 0.1) is 0 Å². The maximum Gasteiger partial charge on any atom is 0.277 e. The summed E-state index contributed by atoms with van der Waals surface area (Å²) < 4.78 is 5.59. The second-order valence-corrected chi connectivity index (χ2v) is 5.40. The van der Waals surface area contributed by atoms with Crippen molar-refractivity contribution in [2.45, 2.75) is 45.4 Å². The van der Waals surface area contributed by atoms with E-state index in [1.807, 2.05) is 24.3 Å². The van der Waals surface area contributed by atoms with Crippen LogP contribution in [-0.4, -0.2) is 18.2 Å². The maximum atomic E-state index is 11.7. The molecule has 2 rings (SSSR count). The highest BCUT2D eigenvalue weighted by Gasteiger charge is 2.10.